The van der Waals surface area contributed by atoms with Crippen LogP contribution in [0.5, 0.6) is 0 Å². The van der Waals surface area contributed by atoms with E-state index in [9.17, 15) is 0 Å². The number of hydrogen-bond donors (Lipinski definition) is 1. The normalized spacial score (nSPS) is 10.4. The lowest BCUT2D eigenvalue weighted by molar-refractivity contribution is 0.564. The van der Waals surface area contributed by atoms with E-state index in [0.29, 0.717) is 11.7 Å². The number of aromatic nitrogens is 2. The second-order valence-corrected chi connectivity index (χ2v) is 3.93. The molecule has 0 fully saturated rings. The average Bonchev–Trinajstić information content (AvgIpc) is 2.78. The number of anilines is 1. The maximum atomic E-state index is 5.87. The first-order valence-electron chi connectivity index (χ1n) is 4.93. The van der Waals surface area contributed by atoms with E-state index >= 15 is 0 Å². The smallest absolute Gasteiger partial charge is 0.155 e. The molecule has 2 aromatic heterocycles. The SMILES string of the molecule is Cc1c(Cl)nnc(NCc2ccoc2)c1C. The molecule has 84 valence electrons. The zero-order valence-electron chi connectivity index (χ0n) is 9.12. The quantitative estimate of drug-likeness (QED) is 0.892. The summed E-state index contributed by atoms with van der Waals surface area (Å²) in [6, 6.07) is 1.90. The highest BCUT2D eigenvalue weighted by atomic mass is 35.5. The Morgan fingerprint density at radius 2 is 2.12 bits per heavy atom. The molecule has 0 bridgehead atoms. The van der Waals surface area contributed by atoms with E-state index in [1.807, 2.05) is 19.9 Å². The van der Waals surface area contributed by atoms with Crippen LogP contribution in [-0.4, -0.2) is 10.2 Å². The van der Waals surface area contributed by atoms with Crippen molar-refractivity contribution in [3.63, 3.8) is 0 Å². The van der Waals surface area contributed by atoms with Crippen LogP contribution in [0, 0.1) is 13.8 Å². The zero-order chi connectivity index (χ0) is 11.5. The number of furan rings is 1. The van der Waals surface area contributed by atoms with Crippen molar-refractivity contribution in [2.75, 3.05) is 5.32 Å². The lowest BCUT2D eigenvalue weighted by atomic mass is 10.2. The molecule has 5 heteroatoms. The highest BCUT2D eigenvalue weighted by Crippen LogP contribution is 2.20. The average molecular weight is 238 g/mol. The van der Waals surface area contributed by atoms with Gasteiger partial charge in [-0.25, -0.2) is 0 Å². The Balaban J connectivity index is 2.13. The second-order valence-electron chi connectivity index (χ2n) is 3.57. The van der Waals surface area contributed by atoms with E-state index in [4.69, 9.17) is 16.0 Å². The third kappa shape index (κ3) is 2.17. The predicted octanol–water partition coefficient (Wildman–Crippen LogP) is 2.95. The van der Waals surface area contributed by atoms with Crippen LogP contribution < -0.4 is 5.32 Å². The van der Waals surface area contributed by atoms with E-state index < -0.39 is 0 Å². The van der Waals surface area contributed by atoms with Gasteiger partial charge in [0.1, 0.15) is 0 Å². The minimum absolute atomic E-state index is 0.450. The number of nitrogens with one attached hydrogen (secondary N) is 1. The Morgan fingerprint density at radius 1 is 1.31 bits per heavy atom. The van der Waals surface area contributed by atoms with Crippen molar-refractivity contribution in [2.24, 2.45) is 0 Å². The minimum Gasteiger partial charge on any atom is -0.472 e. The van der Waals surface area contributed by atoms with E-state index in [0.717, 1.165) is 22.5 Å². The van der Waals surface area contributed by atoms with Gasteiger partial charge in [-0.2, -0.15) is 0 Å². The van der Waals surface area contributed by atoms with Crippen LogP contribution >= 0.6 is 11.6 Å². The number of rotatable bonds is 3. The van der Waals surface area contributed by atoms with Gasteiger partial charge in [0, 0.05) is 12.1 Å². The maximum Gasteiger partial charge on any atom is 0.155 e. The summed E-state index contributed by atoms with van der Waals surface area (Å²) in [5, 5.41) is 11.5. The molecule has 0 aliphatic carbocycles. The van der Waals surface area contributed by atoms with Gasteiger partial charge >= 0.3 is 0 Å². The van der Waals surface area contributed by atoms with Crippen LogP contribution in [0.2, 0.25) is 5.15 Å². The number of halogens is 1. The van der Waals surface area contributed by atoms with Gasteiger partial charge in [-0.05, 0) is 31.0 Å². The Morgan fingerprint density at radius 3 is 2.81 bits per heavy atom. The van der Waals surface area contributed by atoms with Crippen LogP contribution in [0.3, 0.4) is 0 Å². The van der Waals surface area contributed by atoms with E-state index in [1.54, 1.807) is 12.5 Å². The molecule has 2 heterocycles. The molecule has 0 radical (unpaired) electrons. The van der Waals surface area contributed by atoms with Crippen molar-refractivity contribution in [3.05, 3.63) is 40.4 Å². The number of nitrogens with zero attached hydrogens (tertiary/aromatic N) is 2. The van der Waals surface area contributed by atoms with Crippen LogP contribution in [0.4, 0.5) is 5.82 Å². The third-order valence-electron chi connectivity index (χ3n) is 2.51. The predicted molar refractivity (Wildman–Crippen MR) is 62.6 cm³/mol. The van der Waals surface area contributed by atoms with E-state index in [1.165, 1.54) is 0 Å². The Kier molecular flexibility index (Phi) is 3.10. The molecule has 0 saturated carbocycles. The van der Waals surface area contributed by atoms with Gasteiger partial charge in [0.15, 0.2) is 11.0 Å². The fraction of sp³-hybridized carbons (Fsp3) is 0.273. The molecule has 2 rings (SSSR count). The first-order valence-corrected chi connectivity index (χ1v) is 5.30. The molecule has 0 atom stereocenters. The van der Waals surface area contributed by atoms with Crippen LogP contribution in [-0.2, 0) is 6.54 Å². The first kappa shape index (κ1) is 11.0. The Bertz CT molecular complexity index is 482. The molecule has 0 spiro atoms. The van der Waals surface area contributed by atoms with E-state index in [2.05, 4.69) is 15.5 Å². The topological polar surface area (TPSA) is 51.0 Å². The summed E-state index contributed by atoms with van der Waals surface area (Å²) in [6.45, 7) is 4.55. The lowest BCUT2D eigenvalue weighted by Crippen LogP contribution is -2.05. The van der Waals surface area contributed by atoms with Crippen molar-refractivity contribution >= 4 is 17.4 Å². The largest absolute Gasteiger partial charge is 0.472 e. The first-order chi connectivity index (χ1) is 7.68. The molecule has 0 saturated heterocycles. The van der Waals surface area contributed by atoms with Gasteiger partial charge in [0.2, 0.25) is 0 Å². The summed E-state index contributed by atoms with van der Waals surface area (Å²) >= 11 is 5.87. The van der Waals surface area contributed by atoms with Crippen LogP contribution in [0.25, 0.3) is 0 Å². The molecular weight excluding hydrogens is 226 g/mol. The molecule has 0 aliphatic rings. The number of hydrogen-bond acceptors (Lipinski definition) is 4. The van der Waals surface area contributed by atoms with Gasteiger partial charge in [-0.15, -0.1) is 10.2 Å². The monoisotopic (exact) mass is 237 g/mol. The molecule has 0 amide bonds. The summed E-state index contributed by atoms with van der Waals surface area (Å²) in [7, 11) is 0. The zero-order valence-corrected chi connectivity index (χ0v) is 9.88. The summed E-state index contributed by atoms with van der Waals surface area (Å²) in [6.07, 6.45) is 3.33. The van der Waals surface area contributed by atoms with Crippen molar-refractivity contribution in [1.82, 2.24) is 10.2 Å². The van der Waals surface area contributed by atoms with Crippen molar-refractivity contribution < 1.29 is 4.42 Å². The summed E-state index contributed by atoms with van der Waals surface area (Å²) in [4.78, 5) is 0. The second kappa shape index (κ2) is 4.53. The Labute approximate surface area is 98.6 Å². The van der Waals surface area contributed by atoms with Crippen molar-refractivity contribution in [3.8, 4) is 0 Å². The molecule has 1 N–H and O–H groups in total. The van der Waals surface area contributed by atoms with Crippen LogP contribution in [0.1, 0.15) is 16.7 Å². The van der Waals surface area contributed by atoms with Gasteiger partial charge in [0.25, 0.3) is 0 Å². The summed E-state index contributed by atoms with van der Waals surface area (Å²) in [5.41, 5.74) is 3.03. The molecule has 0 aliphatic heterocycles. The highest BCUT2D eigenvalue weighted by molar-refractivity contribution is 6.30. The van der Waals surface area contributed by atoms with Crippen molar-refractivity contribution in [1.29, 1.82) is 0 Å². The summed E-state index contributed by atoms with van der Waals surface area (Å²) < 4.78 is 4.98. The van der Waals surface area contributed by atoms with Crippen molar-refractivity contribution in [2.45, 2.75) is 20.4 Å². The van der Waals surface area contributed by atoms with Gasteiger partial charge in [-0.3, -0.25) is 0 Å². The summed E-state index contributed by atoms with van der Waals surface area (Å²) in [5.74, 6) is 0.753. The fourth-order valence-electron chi connectivity index (χ4n) is 1.32. The Hall–Kier alpha value is -1.55. The molecule has 0 aromatic carbocycles. The lowest BCUT2D eigenvalue weighted by Gasteiger charge is -2.09. The standard InChI is InChI=1S/C11H12ClN3O/c1-7-8(2)11(15-14-10(7)12)13-5-9-3-4-16-6-9/h3-4,6H,5H2,1-2H3,(H,13,15). The third-order valence-corrected chi connectivity index (χ3v) is 2.86. The molecule has 4 nitrogen and oxygen atoms in total. The minimum atomic E-state index is 0.450. The highest BCUT2D eigenvalue weighted by Gasteiger charge is 2.07. The van der Waals surface area contributed by atoms with Gasteiger partial charge in [-0.1, -0.05) is 11.6 Å². The molecule has 0 unspecified atom stereocenters. The molecular formula is C11H12ClN3O. The van der Waals surface area contributed by atoms with Gasteiger partial charge < -0.3 is 9.73 Å². The van der Waals surface area contributed by atoms with Crippen LogP contribution in [0.15, 0.2) is 23.0 Å². The fourth-order valence-corrected chi connectivity index (χ4v) is 1.50. The molecule has 2 aromatic rings. The van der Waals surface area contributed by atoms with Gasteiger partial charge in [0.05, 0.1) is 12.5 Å². The van der Waals surface area contributed by atoms with E-state index in [-0.39, 0.29) is 0 Å². The maximum absolute atomic E-state index is 5.87. The molecule has 16 heavy (non-hydrogen) atoms.